The summed E-state index contributed by atoms with van der Waals surface area (Å²) in [6, 6.07) is 4.67. The minimum absolute atomic E-state index is 0.367. The van der Waals surface area contributed by atoms with Crippen LogP contribution >= 0.6 is 34.3 Å². The fourth-order valence-electron chi connectivity index (χ4n) is 1.96. The van der Waals surface area contributed by atoms with Crippen LogP contribution < -0.4 is 5.32 Å². The van der Waals surface area contributed by atoms with E-state index in [9.17, 15) is 0 Å². The van der Waals surface area contributed by atoms with Gasteiger partial charge in [-0.1, -0.05) is 11.6 Å². The van der Waals surface area contributed by atoms with Crippen molar-refractivity contribution in [2.24, 2.45) is 0 Å². The third-order valence-corrected chi connectivity index (χ3v) is 5.03. The van der Waals surface area contributed by atoms with Gasteiger partial charge in [-0.15, -0.1) is 22.7 Å². The maximum absolute atomic E-state index is 5.97. The van der Waals surface area contributed by atoms with Crippen LogP contribution in [0.25, 0.3) is 0 Å². The van der Waals surface area contributed by atoms with E-state index in [4.69, 9.17) is 11.6 Å². The summed E-state index contributed by atoms with van der Waals surface area (Å²) in [6.45, 7) is 1.06. The zero-order chi connectivity index (χ0) is 10.3. The topological polar surface area (TPSA) is 12.0 Å². The molecule has 78 valence electrons. The van der Waals surface area contributed by atoms with Gasteiger partial charge in [0.2, 0.25) is 0 Å². The molecule has 4 heteroatoms. The van der Waals surface area contributed by atoms with Crippen LogP contribution in [0, 0.1) is 0 Å². The zero-order valence-corrected chi connectivity index (χ0v) is 10.4. The van der Waals surface area contributed by atoms with Gasteiger partial charge in [0.15, 0.2) is 0 Å². The summed E-state index contributed by atoms with van der Waals surface area (Å²) in [6.07, 6.45) is 1.15. The van der Waals surface area contributed by atoms with Crippen molar-refractivity contribution in [1.29, 1.82) is 0 Å². The number of hydrogen-bond acceptors (Lipinski definition) is 3. The summed E-state index contributed by atoms with van der Waals surface area (Å²) in [4.78, 5) is 2.78. The molecule has 0 aromatic carbocycles. The minimum atomic E-state index is 0.367. The smallest absolute Gasteiger partial charge is 0.0768 e. The van der Waals surface area contributed by atoms with Crippen molar-refractivity contribution in [3.63, 3.8) is 0 Å². The van der Waals surface area contributed by atoms with Gasteiger partial charge in [0.05, 0.1) is 11.1 Å². The molecule has 15 heavy (non-hydrogen) atoms. The first-order valence-electron chi connectivity index (χ1n) is 4.88. The van der Waals surface area contributed by atoms with Crippen LogP contribution in [0.15, 0.2) is 22.9 Å². The molecule has 1 atom stereocenters. The lowest BCUT2D eigenvalue weighted by atomic mass is 10.0. The van der Waals surface area contributed by atoms with Crippen molar-refractivity contribution in [3.8, 4) is 0 Å². The molecule has 2 aromatic heterocycles. The van der Waals surface area contributed by atoms with E-state index < -0.39 is 0 Å². The van der Waals surface area contributed by atoms with Gasteiger partial charge in [0.1, 0.15) is 0 Å². The lowest BCUT2D eigenvalue weighted by molar-refractivity contribution is 0.585. The van der Waals surface area contributed by atoms with E-state index in [0.717, 1.165) is 18.0 Å². The summed E-state index contributed by atoms with van der Waals surface area (Å²) in [7, 11) is 0. The van der Waals surface area contributed by atoms with Gasteiger partial charge in [-0.3, -0.25) is 0 Å². The number of nitrogens with one attached hydrogen (secondary N) is 1. The summed E-state index contributed by atoms with van der Waals surface area (Å²) >= 11 is 9.54. The van der Waals surface area contributed by atoms with E-state index in [-0.39, 0.29) is 0 Å². The number of hydrogen-bond donors (Lipinski definition) is 1. The predicted molar refractivity (Wildman–Crippen MR) is 67.2 cm³/mol. The standard InChI is InChI=1S/C11H10ClNS2/c12-8-5-9(15-6-8)10-11-7(1-3-13-10)2-4-14-11/h2,4-6,10,13H,1,3H2. The summed E-state index contributed by atoms with van der Waals surface area (Å²) in [5.74, 6) is 0. The third kappa shape index (κ3) is 1.74. The van der Waals surface area contributed by atoms with Crippen molar-refractivity contribution in [2.45, 2.75) is 12.5 Å². The van der Waals surface area contributed by atoms with Crippen LogP contribution in [-0.2, 0) is 6.42 Å². The fourth-order valence-corrected chi connectivity index (χ4v) is 4.25. The molecular formula is C11H10ClNS2. The Morgan fingerprint density at radius 2 is 2.33 bits per heavy atom. The van der Waals surface area contributed by atoms with E-state index in [1.807, 2.05) is 16.7 Å². The highest BCUT2D eigenvalue weighted by Gasteiger charge is 2.23. The van der Waals surface area contributed by atoms with E-state index in [2.05, 4.69) is 22.8 Å². The lowest BCUT2D eigenvalue weighted by Crippen LogP contribution is -2.28. The maximum atomic E-state index is 5.97. The molecule has 0 fully saturated rings. The van der Waals surface area contributed by atoms with E-state index in [1.165, 1.54) is 15.3 Å². The number of fused-ring (bicyclic) bond motifs is 1. The number of rotatable bonds is 1. The van der Waals surface area contributed by atoms with Crippen LogP contribution in [0.1, 0.15) is 21.4 Å². The van der Waals surface area contributed by atoms with Crippen molar-refractivity contribution in [3.05, 3.63) is 43.2 Å². The van der Waals surface area contributed by atoms with E-state index >= 15 is 0 Å². The SMILES string of the molecule is Clc1csc(C2NCCc3ccsc32)c1. The molecule has 1 aliphatic rings. The molecule has 0 aliphatic carbocycles. The monoisotopic (exact) mass is 255 g/mol. The van der Waals surface area contributed by atoms with Gasteiger partial charge in [-0.05, 0) is 29.5 Å². The predicted octanol–water partition coefficient (Wildman–Crippen LogP) is 3.70. The van der Waals surface area contributed by atoms with Crippen LogP contribution in [0.2, 0.25) is 5.02 Å². The van der Waals surface area contributed by atoms with Gasteiger partial charge in [0, 0.05) is 21.7 Å². The molecule has 0 saturated heterocycles. The normalized spacial score (nSPS) is 20.2. The highest BCUT2D eigenvalue weighted by Crippen LogP contribution is 2.36. The average molecular weight is 256 g/mol. The summed E-state index contributed by atoms with van der Waals surface area (Å²) in [5, 5.41) is 8.58. The van der Waals surface area contributed by atoms with Crippen molar-refractivity contribution in [1.82, 2.24) is 5.32 Å². The summed E-state index contributed by atoms with van der Waals surface area (Å²) < 4.78 is 0. The van der Waals surface area contributed by atoms with Crippen molar-refractivity contribution in [2.75, 3.05) is 6.54 Å². The molecule has 0 spiro atoms. The Hall–Kier alpha value is -0.350. The van der Waals surface area contributed by atoms with Crippen molar-refractivity contribution < 1.29 is 0 Å². The van der Waals surface area contributed by atoms with Crippen LogP contribution in [0.4, 0.5) is 0 Å². The molecule has 1 unspecified atom stereocenters. The number of halogens is 1. The first kappa shape index (κ1) is 9.85. The Balaban J connectivity index is 2.02. The summed E-state index contributed by atoms with van der Waals surface area (Å²) in [5.41, 5.74) is 1.49. The maximum Gasteiger partial charge on any atom is 0.0768 e. The number of thiophene rings is 2. The zero-order valence-electron chi connectivity index (χ0n) is 8.00. The second-order valence-electron chi connectivity index (χ2n) is 3.61. The highest BCUT2D eigenvalue weighted by atomic mass is 35.5. The third-order valence-electron chi connectivity index (χ3n) is 2.66. The molecule has 3 rings (SSSR count). The molecule has 0 amide bonds. The van der Waals surface area contributed by atoms with Crippen LogP contribution in [-0.4, -0.2) is 6.54 Å². The fraction of sp³-hybridized carbons (Fsp3) is 0.273. The Labute approximate surface area is 102 Å². The minimum Gasteiger partial charge on any atom is -0.305 e. The molecule has 1 nitrogen and oxygen atoms in total. The van der Waals surface area contributed by atoms with Crippen LogP contribution in [0.3, 0.4) is 0 Å². The molecule has 1 aliphatic heterocycles. The Morgan fingerprint density at radius 3 is 3.13 bits per heavy atom. The van der Waals surface area contributed by atoms with E-state index in [0.29, 0.717) is 6.04 Å². The molecule has 0 saturated carbocycles. The van der Waals surface area contributed by atoms with Gasteiger partial charge >= 0.3 is 0 Å². The molecular weight excluding hydrogens is 246 g/mol. The molecule has 3 heterocycles. The Bertz CT molecular complexity index is 474. The van der Waals surface area contributed by atoms with Gasteiger partial charge < -0.3 is 5.32 Å². The highest BCUT2D eigenvalue weighted by molar-refractivity contribution is 7.12. The quantitative estimate of drug-likeness (QED) is 0.819. The largest absolute Gasteiger partial charge is 0.305 e. The Morgan fingerprint density at radius 1 is 1.40 bits per heavy atom. The second-order valence-corrected chi connectivity index (χ2v) is 5.94. The molecule has 2 aromatic rings. The molecule has 0 bridgehead atoms. The molecule has 0 radical (unpaired) electrons. The first-order chi connectivity index (χ1) is 7.34. The molecule has 1 N–H and O–H groups in total. The lowest BCUT2D eigenvalue weighted by Gasteiger charge is -2.22. The van der Waals surface area contributed by atoms with Crippen molar-refractivity contribution >= 4 is 34.3 Å². The second kappa shape index (κ2) is 3.91. The van der Waals surface area contributed by atoms with Crippen LogP contribution in [0.5, 0.6) is 0 Å². The Kier molecular flexibility index (Phi) is 2.56. The first-order valence-corrected chi connectivity index (χ1v) is 7.02. The van der Waals surface area contributed by atoms with Gasteiger partial charge in [0.25, 0.3) is 0 Å². The van der Waals surface area contributed by atoms with Gasteiger partial charge in [-0.25, -0.2) is 0 Å². The van der Waals surface area contributed by atoms with Gasteiger partial charge in [-0.2, -0.15) is 0 Å². The van der Waals surface area contributed by atoms with E-state index in [1.54, 1.807) is 11.3 Å². The average Bonchev–Trinajstić information content (AvgIpc) is 2.84.